The van der Waals surface area contributed by atoms with Gasteiger partial charge in [0.1, 0.15) is 5.82 Å². The molecule has 0 bridgehead atoms. The van der Waals surface area contributed by atoms with E-state index in [4.69, 9.17) is 0 Å². The van der Waals surface area contributed by atoms with Gasteiger partial charge in [0.15, 0.2) is 0 Å². The predicted molar refractivity (Wildman–Crippen MR) is 74.0 cm³/mol. The Bertz CT molecular complexity index is 540. The number of hydrogen-bond donors (Lipinski definition) is 1. The Morgan fingerprint density at radius 1 is 1.26 bits per heavy atom. The van der Waals surface area contributed by atoms with Gasteiger partial charge in [-0.1, -0.05) is 12.1 Å². The molecule has 0 unspecified atom stereocenters. The van der Waals surface area contributed by atoms with Gasteiger partial charge in [0.25, 0.3) is 0 Å². The van der Waals surface area contributed by atoms with E-state index in [1.165, 1.54) is 6.07 Å². The van der Waals surface area contributed by atoms with Crippen molar-refractivity contribution in [1.29, 1.82) is 0 Å². The smallest absolute Gasteiger partial charge is 0.146 e. The van der Waals surface area contributed by atoms with Crippen LogP contribution in [0.15, 0.2) is 42.6 Å². The second kappa shape index (κ2) is 5.80. The first-order valence-corrected chi connectivity index (χ1v) is 6.29. The summed E-state index contributed by atoms with van der Waals surface area (Å²) in [6, 6.07) is 10.2. The average Bonchev–Trinajstić information content (AvgIpc) is 2.42. The fraction of sp³-hybridized carbons (Fsp3) is 0.267. The van der Waals surface area contributed by atoms with E-state index in [0.717, 1.165) is 5.69 Å². The molecule has 2 rings (SSSR count). The van der Waals surface area contributed by atoms with Crippen molar-refractivity contribution in [3.63, 3.8) is 0 Å². The fourth-order valence-corrected chi connectivity index (χ4v) is 1.97. The van der Waals surface area contributed by atoms with Crippen LogP contribution in [0.2, 0.25) is 0 Å². The molecule has 1 atom stereocenters. The SMILES string of the molecule is CCN(c1ccc([C@H](C)O)nc1)c1ccccc1F. The van der Waals surface area contributed by atoms with E-state index in [1.54, 1.807) is 37.4 Å². The third kappa shape index (κ3) is 2.90. The first-order chi connectivity index (χ1) is 9.13. The van der Waals surface area contributed by atoms with E-state index in [-0.39, 0.29) is 5.82 Å². The molecule has 3 nitrogen and oxygen atoms in total. The monoisotopic (exact) mass is 260 g/mol. The molecule has 4 heteroatoms. The molecule has 0 aliphatic heterocycles. The van der Waals surface area contributed by atoms with Crippen LogP contribution in [0, 0.1) is 5.82 Å². The lowest BCUT2D eigenvalue weighted by Crippen LogP contribution is -2.17. The van der Waals surface area contributed by atoms with Gasteiger partial charge in [-0.25, -0.2) is 4.39 Å². The molecule has 0 aliphatic carbocycles. The lowest BCUT2D eigenvalue weighted by atomic mass is 10.2. The van der Waals surface area contributed by atoms with Crippen molar-refractivity contribution in [2.45, 2.75) is 20.0 Å². The summed E-state index contributed by atoms with van der Waals surface area (Å²) >= 11 is 0. The van der Waals surface area contributed by atoms with Gasteiger partial charge in [0.2, 0.25) is 0 Å². The van der Waals surface area contributed by atoms with Gasteiger partial charge in [0.05, 0.1) is 29.4 Å². The minimum atomic E-state index is -0.599. The van der Waals surface area contributed by atoms with Gasteiger partial charge in [-0.3, -0.25) is 4.98 Å². The molecule has 1 aromatic carbocycles. The van der Waals surface area contributed by atoms with Crippen molar-refractivity contribution in [1.82, 2.24) is 4.98 Å². The number of rotatable bonds is 4. The quantitative estimate of drug-likeness (QED) is 0.915. The Hall–Kier alpha value is -1.94. The molecule has 100 valence electrons. The highest BCUT2D eigenvalue weighted by atomic mass is 19.1. The zero-order valence-corrected chi connectivity index (χ0v) is 11.0. The first-order valence-electron chi connectivity index (χ1n) is 6.29. The molecular formula is C15H17FN2O. The van der Waals surface area contributed by atoms with E-state index in [2.05, 4.69) is 4.98 Å². The van der Waals surface area contributed by atoms with E-state index in [9.17, 15) is 9.50 Å². The summed E-state index contributed by atoms with van der Waals surface area (Å²) < 4.78 is 13.8. The largest absolute Gasteiger partial charge is 0.387 e. The minimum Gasteiger partial charge on any atom is -0.387 e. The Kier molecular flexibility index (Phi) is 4.12. The first kappa shape index (κ1) is 13.5. The summed E-state index contributed by atoms with van der Waals surface area (Å²) in [7, 11) is 0. The molecule has 0 saturated carbocycles. The van der Waals surface area contributed by atoms with Crippen LogP contribution < -0.4 is 4.90 Å². The van der Waals surface area contributed by atoms with Crippen molar-refractivity contribution >= 4 is 11.4 Å². The predicted octanol–water partition coefficient (Wildman–Crippen LogP) is 3.43. The molecule has 1 aromatic heterocycles. The van der Waals surface area contributed by atoms with Crippen LogP contribution in [0.25, 0.3) is 0 Å². The Balaban J connectivity index is 2.35. The summed E-state index contributed by atoms with van der Waals surface area (Å²) in [6.45, 7) is 4.25. The van der Waals surface area contributed by atoms with Crippen molar-refractivity contribution in [3.05, 3.63) is 54.1 Å². The van der Waals surface area contributed by atoms with Crippen LogP contribution in [0.3, 0.4) is 0 Å². The van der Waals surface area contributed by atoms with Gasteiger partial charge in [-0.15, -0.1) is 0 Å². The number of hydrogen-bond acceptors (Lipinski definition) is 3. The Morgan fingerprint density at radius 2 is 2.00 bits per heavy atom. The van der Waals surface area contributed by atoms with Crippen LogP contribution in [0.4, 0.5) is 15.8 Å². The van der Waals surface area contributed by atoms with E-state index in [0.29, 0.717) is 17.9 Å². The van der Waals surface area contributed by atoms with Gasteiger partial charge in [-0.2, -0.15) is 0 Å². The molecule has 0 fully saturated rings. The third-order valence-corrected chi connectivity index (χ3v) is 2.97. The third-order valence-electron chi connectivity index (χ3n) is 2.97. The lowest BCUT2D eigenvalue weighted by Gasteiger charge is -2.23. The number of aliphatic hydroxyl groups is 1. The van der Waals surface area contributed by atoms with Crippen LogP contribution in [-0.4, -0.2) is 16.6 Å². The van der Waals surface area contributed by atoms with Gasteiger partial charge in [0, 0.05) is 6.54 Å². The average molecular weight is 260 g/mol. The minimum absolute atomic E-state index is 0.260. The molecule has 19 heavy (non-hydrogen) atoms. The van der Waals surface area contributed by atoms with Crippen molar-refractivity contribution in [2.75, 3.05) is 11.4 Å². The number of aromatic nitrogens is 1. The van der Waals surface area contributed by atoms with Gasteiger partial charge >= 0.3 is 0 Å². The highest BCUT2D eigenvalue weighted by Gasteiger charge is 2.12. The molecule has 0 saturated heterocycles. The summed E-state index contributed by atoms with van der Waals surface area (Å²) in [4.78, 5) is 6.03. The number of benzene rings is 1. The van der Waals surface area contributed by atoms with Gasteiger partial charge in [-0.05, 0) is 38.1 Å². The van der Waals surface area contributed by atoms with Crippen LogP contribution in [-0.2, 0) is 0 Å². The normalized spacial score (nSPS) is 12.2. The van der Waals surface area contributed by atoms with E-state index < -0.39 is 6.10 Å². The summed E-state index contributed by atoms with van der Waals surface area (Å²) in [6.07, 6.45) is 1.05. The second-order valence-corrected chi connectivity index (χ2v) is 4.31. The molecule has 1 N–H and O–H groups in total. The maximum Gasteiger partial charge on any atom is 0.146 e. The van der Waals surface area contributed by atoms with E-state index in [1.807, 2.05) is 17.9 Å². The molecule has 0 amide bonds. The molecular weight excluding hydrogens is 243 g/mol. The number of nitrogens with zero attached hydrogens (tertiary/aromatic N) is 2. The zero-order valence-electron chi connectivity index (χ0n) is 11.0. The van der Waals surface area contributed by atoms with Crippen LogP contribution >= 0.6 is 0 Å². The highest BCUT2D eigenvalue weighted by Crippen LogP contribution is 2.27. The Labute approximate surface area is 112 Å². The summed E-state index contributed by atoms with van der Waals surface area (Å²) in [5, 5.41) is 9.44. The van der Waals surface area contributed by atoms with Crippen molar-refractivity contribution in [2.24, 2.45) is 0 Å². The number of para-hydroxylation sites is 1. The summed E-state index contributed by atoms with van der Waals surface area (Å²) in [5.74, 6) is -0.260. The van der Waals surface area contributed by atoms with Crippen molar-refractivity contribution in [3.8, 4) is 0 Å². The highest BCUT2D eigenvalue weighted by molar-refractivity contribution is 5.62. The maximum atomic E-state index is 13.8. The Morgan fingerprint density at radius 3 is 2.53 bits per heavy atom. The van der Waals surface area contributed by atoms with Gasteiger partial charge < -0.3 is 10.0 Å². The maximum absolute atomic E-state index is 13.8. The lowest BCUT2D eigenvalue weighted by molar-refractivity contribution is 0.194. The fourth-order valence-electron chi connectivity index (χ4n) is 1.97. The topological polar surface area (TPSA) is 36.4 Å². The second-order valence-electron chi connectivity index (χ2n) is 4.31. The van der Waals surface area contributed by atoms with Crippen molar-refractivity contribution < 1.29 is 9.50 Å². The number of anilines is 2. The molecule has 1 heterocycles. The molecule has 0 radical (unpaired) electrons. The molecule has 2 aromatic rings. The van der Waals surface area contributed by atoms with E-state index >= 15 is 0 Å². The molecule has 0 spiro atoms. The summed E-state index contributed by atoms with van der Waals surface area (Å²) in [5.41, 5.74) is 1.93. The molecule has 0 aliphatic rings. The number of halogens is 1. The number of pyridine rings is 1. The van der Waals surface area contributed by atoms with Crippen LogP contribution in [0.1, 0.15) is 25.6 Å². The van der Waals surface area contributed by atoms with Crippen LogP contribution in [0.5, 0.6) is 0 Å². The zero-order chi connectivity index (χ0) is 13.8. The number of aliphatic hydroxyl groups excluding tert-OH is 1. The standard InChI is InChI=1S/C15H17FN2O/c1-3-18(15-7-5-4-6-13(15)16)12-8-9-14(11(2)19)17-10-12/h4-11,19H,3H2,1-2H3/t11-/m0/s1.